The van der Waals surface area contributed by atoms with Gasteiger partial charge in [-0.25, -0.2) is 4.79 Å². The molecule has 2 aromatic rings. The second-order valence-corrected chi connectivity index (χ2v) is 6.39. The van der Waals surface area contributed by atoms with Crippen molar-refractivity contribution in [3.05, 3.63) is 59.7 Å². The van der Waals surface area contributed by atoms with E-state index in [9.17, 15) is 14.4 Å². The standard InChI is InChI=1S/C21H25N3O4/c1-4-13-28-21(27)16-7-11-18(12-8-16)23-19(25)14-22-17-9-5-15(6-10-17)20(26)24(2)3/h5-12,22H,4,13-14H2,1-3H3,(H,23,25). The smallest absolute Gasteiger partial charge is 0.338 e. The molecule has 7 nitrogen and oxygen atoms in total. The van der Waals surface area contributed by atoms with E-state index in [0.717, 1.165) is 12.1 Å². The Morgan fingerprint density at radius 2 is 1.46 bits per heavy atom. The highest BCUT2D eigenvalue weighted by Crippen LogP contribution is 2.12. The summed E-state index contributed by atoms with van der Waals surface area (Å²) < 4.78 is 5.06. The molecule has 2 rings (SSSR count). The van der Waals surface area contributed by atoms with Crippen molar-refractivity contribution < 1.29 is 19.1 Å². The number of nitrogens with zero attached hydrogens (tertiary/aromatic N) is 1. The van der Waals surface area contributed by atoms with Crippen molar-refractivity contribution >= 4 is 29.2 Å². The predicted molar refractivity (Wildman–Crippen MR) is 109 cm³/mol. The third-order valence-electron chi connectivity index (χ3n) is 3.83. The molecule has 0 aliphatic rings. The first-order chi connectivity index (χ1) is 13.4. The van der Waals surface area contributed by atoms with E-state index in [1.54, 1.807) is 62.6 Å². The summed E-state index contributed by atoms with van der Waals surface area (Å²) in [5.74, 6) is -0.682. The lowest BCUT2D eigenvalue weighted by atomic mass is 10.2. The van der Waals surface area contributed by atoms with E-state index in [1.807, 2.05) is 6.92 Å². The fourth-order valence-electron chi connectivity index (χ4n) is 2.34. The molecule has 148 valence electrons. The van der Waals surface area contributed by atoms with Crippen molar-refractivity contribution in [1.82, 2.24) is 4.90 Å². The van der Waals surface area contributed by atoms with Gasteiger partial charge in [-0.2, -0.15) is 0 Å². The fourth-order valence-corrected chi connectivity index (χ4v) is 2.34. The van der Waals surface area contributed by atoms with Crippen molar-refractivity contribution in [2.45, 2.75) is 13.3 Å². The number of nitrogens with one attached hydrogen (secondary N) is 2. The first-order valence-corrected chi connectivity index (χ1v) is 9.03. The molecule has 0 saturated heterocycles. The average molecular weight is 383 g/mol. The Labute approximate surface area is 164 Å². The van der Waals surface area contributed by atoms with Crippen LogP contribution in [0.15, 0.2) is 48.5 Å². The molecule has 2 aromatic carbocycles. The number of anilines is 2. The molecule has 0 aliphatic carbocycles. The zero-order valence-electron chi connectivity index (χ0n) is 16.3. The van der Waals surface area contributed by atoms with Crippen LogP contribution in [0.25, 0.3) is 0 Å². The first-order valence-electron chi connectivity index (χ1n) is 9.03. The second-order valence-electron chi connectivity index (χ2n) is 6.39. The molecule has 0 bridgehead atoms. The van der Waals surface area contributed by atoms with Gasteiger partial charge in [-0.15, -0.1) is 0 Å². The average Bonchev–Trinajstić information content (AvgIpc) is 2.70. The van der Waals surface area contributed by atoms with E-state index in [1.165, 1.54) is 4.90 Å². The van der Waals surface area contributed by atoms with Crippen molar-refractivity contribution in [2.75, 3.05) is 37.9 Å². The molecule has 0 atom stereocenters. The molecule has 2 amide bonds. The molecular formula is C21H25N3O4. The van der Waals surface area contributed by atoms with Crippen molar-refractivity contribution in [1.29, 1.82) is 0 Å². The van der Waals surface area contributed by atoms with E-state index in [2.05, 4.69) is 10.6 Å². The van der Waals surface area contributed by atoms with E-state index >= 15 is 0 Å². The number of benzene rings is 2. The Hall–Kier alpha value is -3.35. The predicted octanol–water partition coefficient (Wildman–Crippen LogP) is 3.01. The Bertz CT molecular complexity index is 815. The third kappa shape index (κ3) is 6.12. The number of carbonyl (C=O) groups is 3. The van der Waals surface area contributed by atoms with Gasteiger partial charge in [0.15, 0.2) is 0 Å². The SMILES string of the molecule is CCCOC(=O)c1ccc(NC(=O)CNc2ccc(C(=O)N(C)C)cc2)cc1. The van der Waals surface area contributed by atoms with Crippen LogP contribution in [0.3, 0.4) is 0 Å². The van der Waals surface area contributed by atoms with Crippen LogP contribution in [0, 0.1) is 0 Å². The summed E-state index contributed by atoms with van der Waals surface area (Å²) in [4.78, 5) is 37.2. The van der Waals surface area contributed by atoms with Gasteiger partial charge in [-0.1, -0.05) is 6.92 Å². The number of rotatable bonds is 8. The summed E-state index contributed by atoms with van der Waals surface area (Å²) in [6, 6.07) is 13.5. The Morgan fingerprint density at radius 1 is 0.893 bits per heavy atom. The Kier molecular flexibility index (Phi) is 7.56. The van der Waals surface area contributed by atoms with Gasteiger partial charge in [0.2, 0.25) is 5.91 Å². The minimum absolute atomic E-state index is 0.0707. The van der Waals surface area contributed by atoms with Gasteiger partial charge in [0, 0.05) is 31.0 Å². The number of hydrogen-bond donors (Lipinski definition) is 2. The number of carbonyl (C=O) groups excluding carboxylic acids is 3. The normalized spacial score (nSPS) is 10.1. The van der Waals surface area contributed by atoms with Crippen LogP contribution in [-0.2, 0) is 9.53 Å². The highest BCUT2D eigenvalue weighted by Gasteiger charge is 2.09. The van der Waals surface area contributed by atoms with Crippen LogP contribution < -0.4 is 10.6 Å². The van der Waals surface area contributed by atoms with Crippen LogP contribution in [0.4, 0.5) is 11.4 Å². The molecule has 0 spiro atoms. The maximum absolute atomic E-state index is 12.1. The molecule has 2 N–H and O–H groups in total. The quantitative estimate of drug-likeness (QED) is 0.684. The Balaban J connectivity index is 1.84. The number of hydrogen-bond acceptors (Lipinski definition) is 5. The van der Waals surface area contributed by atoms with Gasteiger partial charge in [0.1, 0.15) is 0 Å². The molecule has 0 aliphatic heterocycles. The monoisotopic (exact) mass is 383 g/mol. The van der Waals surface area contributed by atoms with E-state index in [0.29, 0.717) is 23.4 Å². The fraction of sp³-hybridized carbons (Fsp3) is 0.286. The van der Waals surface area contributed by atoms with Crippen LogP contribution in [0.5, 0.6) is 0 Å². The summed E-state index contributed by atoms with van der Waals surface area (Å²) in [6.07, 6.45) is 0.765. The largest absolute Gasteiger partial charge is 0.462 e. The molecule has 0 radical (unpaired) electrons. The molecule has 0 heterocycles. The van der Waals surface area contributed by atoms with Crippen LogP contribution >= 0.6 is 0 Å². The van der Waals surface area contributed by atoms with Gasteiger partial charge in [0.05, 0.1) is 18.7 Å². The molecular weight excluding hydrogens is 358 g/mol. The summed E-state index contributed by atoms with van der Waals surface area (Å²) >= 11 is 0. The van der Waals surface area contributed by atoms with E-state index in [4.69, 9.17) is 4.74 Å². The highest BCUT2D eigenvalue weighted by molar-refractivity contribution is 5.96. The lowest BCUT2D eigenvalue weighted by Crippen LogP contribution is -2.22. The summed E-state index contributed by atoms with van der Waals surface area (Å²) in [7, 11) is 3.39. The molecule has 0 unspecified atom stereocenters. The molecule has 0 fully saturated rings. The first kappa shape index (κ1) is 21.0. The van der Waals surface area contributed by atoms with E-state index in [-0.39, 0.29) is 24.3 Å². The van der Waals surface area contributed by atoms with Crippen molar-refractivity contribution in [3.63, 3.8) is 0 Å². The zero-order valence-corrected chi connectivity index (χ0v) is 16.3. The maximum Gasteiger partial charge on any atom is 0.338 e. The highest BCUT2D eigenvalue weighted by atomic mass is 16.5. The zero-order chi connectivity index (χ0) is 20.5. The van der Waals surface area contributed by atoms with Crippen LogP contribution in [-0.4, -0.2) is 49.9 Å². The topological polar surface area (TPSA) is 87.7 Å². The summed E-state index contributed by atoms with van der Waals surface area (Å²) in [6.45, 7) is 2.38. The molecule has 0 aromatic heterocycles. The van der Waals surface area contributed by atoms with Gasteiger partial charge in [-0.05, 0) is 55.0 Å². The minimum Gasteiger partial charge on any atom is -0.462 e. The van der Waals surface area contributed by atoms with E-state index < -0.39 is 0 Å². The number of amides is 2. The number of ether oxygens (including phenoxy) is 1. The maximum atomic E-state index is 12.1. The molecule has 28 heavy (non-hydrogen) atoms. The molecule has 0 saturated carbocycles. The molecule has 7 heteroatoms. The van der Waals surface area contributed by atoms with Crippen molar-refractivity contribution in [3.8, 4) is 0 Å². The van der Waals surface area contributed by atoms with Gasteiger partial charge in [-0.3, -0.25) is 9.59 Å². The van der Waals surface area contributed by atoms with Gasteiger partial charge in [0.25, 0.3) is 5.91 Å². The Morgan fingerprint density at radius 3 is 2.04 bits per heavy atom. The van der Waals surface area contributed by atoms with Crippen LogP contribution in [0.2, 0.25) is 0 Å². The summed E-state index contributed by atoms with van der Waals surface area (Å²) in [5, 5.41) is 5.75. The van der Waals surface area contributed by atoms with Crippen molar-refractivity contribution in [2.24, 2.45) is 0 Å². The lowest BCUT2D eigenvalue weighted by Gasteiger charge is -2.11. The number of esters is 1. The lowest BCUT2D eigenvalue weighted by molar-refractivity contribution is -0.114. The van der Waals surface area contributed by atoms with Gasteiger partial charge >= 0.3 is 5.97 Å². The second kappa shape index (κ2) is 10.1. The third-order valence-corrected chi connectivity index (χ3v) is 3.83. The van der Waals surface area contributed by atoms with Gasteiger partial charge < -0.3 is 20.3 Å². The summed E-state index contributed by atoms with van der Waals surface area (Å²) in [5.41, 5.74) is 2.35. The van der Waals surface area contributed by atoms with Crippen LogP contribution in [0.1, 0.15) is 34.1 Å². The minimum atomic E-state index is -0.377.